The van der Waals surface area contributed by atoms with E-state index in [4.69, 9.17) is 11.6 Å². The van der Waals surface area contributed by atoms with Crippen molar-refractivity contribution in [2.24, 2.45) is 0 Å². The monoisotopic (exact) mass is 488 g/mol. The first-order chi connectivity index (χ1) is 15.2. The fraction of sp³-hybridized carbons (Fsp3) is 0.0370. The van der Waals surface area contributed by atoms with Gasteiger partial charge in [-0.2, -0.15) is 0 Å². The highest BCUT2D eigenvalue weighted by molar-refractivity contribution is 9.10. The lowest BCUT2D eigenvalue weighted by molar-refractivity contribution is 0.819. The fourth-order valence-electron chi connectivity index (χ4n) is 3.33. The van der Waals surface area contributed by atoms with E-state index in [-0.39, 0.29) is 0 Å². The Morgan fingerprint density at radius 1 is 0.677 bits per heavy atom. The van der Waals surface area contributed by atoms with Crippen molar-refractivity contribution in [2.45, 2.75) is 6.54 Å². The summed E-state index contributed by atoms with van der Waals surface area (Å²) in [5.74, 6) is 0.933. The van der Waals surface area contributed by atoms with Crippen molar-refractivity contribution in [1.29, 1.82) is 0 Å². The molecule has 0 saturated carbocycles. The van der Waals surface area contributed by atoms with E-state index < -0.39 is 0 Å². The minimum absolute atomic E-state index is 0.687. The molecule has 0 aromatic heterocycles. The third-order valence-corrected chi connectivity index (χ3v) is 5.65. The van der Waals surface area contributed by atoms with Crippen molar-refractivity contribution in [3.05, 3.63) is 141 Å². The van der Waals surface area contributed by atoms with Crippen molar-refractivity contribution in [1.82, 2.24) is 5.32 Å². The van der Waals surface area contributed by atoms with Crippen LogP contribution in [0.4, 0.5) is 5.69 Å². The number of hydrogen-bond acceptors (Lipinski definition) is 2. The second-order valence-electron chi connectivity index (χ2n) is 7.09. The van der Waals surface area contributed by atoms with Gasteiger partial charge in [-0.1, -0.05) is 100 Å². The molecule has 0 unspecified atom stereocenters. The Hall–Kier alpha value is -3.01. The highest BCUT2D eigenvalue weighted by Gasteiger charge is 2.13. The molecular formula is C27H22BrClN2. The summed E-state index contributed by atoms with van der Waals surface area (Å²) in [6.07, 6.45) is 0. The second-order valence-corrected chi connectivity index (χ2v) is 8.45. The summed E-state index contributed by atoms with van der Waals surface area (Å²) in [4.78, 5) is 0. The van der Waals surface area contributed by atoms with Crippen molar-refractivity contribution in [3.63, 3.8) is 0 Å². The van der Waals surface area contributed by atoms with Crippen molar-refractivity contribution in [3.8, 4) is 0 Å². The predicted octanol–water partition coefficient (Wildman–Crippen LogP) is 7.72. The summed E-state index contributed by atoms with van der Waals surface area (Å²) < 4.78 is 1.07. The standard InChI is InChI=1S/C27H22BrClN2/c28-23-13-11-20(12-14-23)19-30-27(31-25-17-15-24(29)16-18-25)26(21-7-3-1-4-8-21)22-9-5-2-6-10-22/h1-18,30-31H,19H2. The van der Waals surface area contributed by atoms with Crippen LogP contribution in [0, 0.1) is 0 Å². The zero-order valence-electron chi connectivity index (χ0n) is 16.9. The van der Waals surface area contributed by atoms with E-state index in [0.29, 0.717) is 11.6 Å². The lowest BCUT2D eigenvalue weighted by Crippen LogP contribution is -2.21. The van der Waals surface area contributed by atoms with Gasteiger partial charge < -0.3 is 10.6 Å². The largest absolute Gasteiger partial charge is 0.367 e. The Kier molecular flexibility index (Phi) is 7.08. The van der Waals surface area contributed by atoms with Crippen LogP contribution >= 0.6 is 27.5 Å². The third kappa shape index (κ3) is 5.78. The van der Waals surface area contributed by atoms with Gasteiger partial charge in [0.05, 0.1) is 0 Å². The van der Waals surface area contributed by atoms with Gasteiger partial charge in [0.2, 0.25) is 0 Å². The predicted molar refractivity (Wildman–Crippen MR) is 135 cm³/mol. The summed E-state index contributed by atoms with van der Waals surface area (Å²) in [5.41, 5.74) is 5.53. The fourth-order valence-corrected chi connectivity index (χ4v) is 3.72. The van der Waals surface area contributed by atoms with Crippen LogP contribution in [0.3, 0.4) is 0 Å². The van der Waals surface area contributed by atoms with Crippen LogP contribution < -0.4 is 10.6 Å². The molecule has 4 heteroatoms. The summed E-state index contributed by atoms with van der Waals surface area (Å²) >= 11 is 9.60. The molecule has 31 heavy (non-hydrogen) atoms. The quantitative estimate of drug-likeness (QED) is 0.278. The maximum Gasteiger partial charge on any atom is 0.112 e. The molecule has 4 aromatic rings. The van der Waals surface area contributed by atoms with E-state index in [1.165, 1.54) is 5.56 Å². The average Bonchev–Trinajstić information content (AvgIpc) is 2.81. The molecule has 4 aromatic carbocycles. The molecule has 0 aliphatic heterocycles. The zero-order chi connectivity index (χ0) is 21.5. The topological polar surface area (TPSA) is 24.1 Å². The summed E-state index contributed by atoms with van der Waals surface area (Å²) in [7, 11) is 0. The molecule has 0 saturated heterocycles. The number of hydrogen-bond donors (Lipinski definition) is 2. The van der Waals surface area contributed by atoms with Gasteiger partial charge in [0.25, 0.3) is 0 Å². The van der Waals surface area contributed by atoms with Crippen molar-refractivity contribution in [2.75, 3.05) is 5.32 Å². The average molecular weight is 490 g/mol. The SMILES string of the molecule is Clc1ccc(NC(NCc2ccc(Br)cc2)=C(c2ccccc2)c2ccccc2)cc1. The van der Waals surface area contributed by atoms with E-state index in [1.807, 2.05) is 36.4 Å². The van der Waals surface area contributed by atoms with Crippen molar-refractivity contribution < 1.29 is 0 Å². The highest BCUT2D eigenvalue weighted by atomic mass is 79.9. The summed E-state index contributed by atoms with van der Waals surface area (Å²) in [6, 6.07) is 36.9. The maximum atomic E-state index is 6.10. The lowest BCUT2D eigenvalue weighted by atomic mass is 9.97. The first kappa shape index (κ1) is 21.2. The van der Waals surface area contributed by atoms with Gasteiger partial charge >= 0.3 is 0 Å². The lowest BCUT2D eigenvalue weighted by Gasteiger charge is -2.20. The first-order valence-electron chi connectivity index (χ1n) is 10.0. The summed E-state index contributed by atoms with van der Waals surface area (Å²) in [5, 5.41) is 7.93. The number of halogens is 2. The van der Waals surface area contributed by atoms with Gasteiger partial charge in [-0.15, -0.1) is 0 Å². The Morgan fingerprint density at radius 2 is 1.23 bits per heavy atom. The third-order valence-electron chi connectivity index (χ3n) is 4.87. The molecule has 0 spiro atoms. The van der Waals surface area contributed by atoms with Gasteiger partial charge in [0.15, 0.2) is 0 Å². The molecule has 0 amide bonds. The smallest absolute Gasteiger partial charge is 0.112 e. The number of benzene rings is 4. The second kappa shape index (κ2) is 10.3. The zero-order valence-corrected chi connectivity index (χ0v) is 19.2. The number of nitrogens with one attached hydrogen (secondary N) is 2. The molecule has 0 aliphatic carbocycles. The molecule has 2 N–H and O–H groups in total. The Morgan fingerprint density at radius 3 is 1.77 bits per heavy atom. The number of anilines is 1. The van der Waals surface area contributed by atoms with Crippen LogP contribution in [0.5, 0.6) is 0 Å². The van der Waals surface area contributed by atoms with Gasteiger partial charge in [-0.05, 0) is 53.1 Å². The van der Waals surface area contributed by atoms with Crippen LogP contribution in [0.25, 0.3) is 5.57 Å². The Labute approximate surface area is 196 Å². The summed E-state index contributed by atoms with van der Waals surface area (Å²) in [6.45, 7) is 0.687. The van der Waals surface area contributed by atoms with E-state index >= 15 is 0 Å². The molecule has 0 atom stereocenters. The highest BCUT2D eigenvalue weighted by Crippen LogP contribution is 2.27. The van der Waals surface area contributed by atoms with Crippen LogP contribution in [-0.2, 0) is 6.54 Å². The molecule has 0 radical (unpaired) electrons. The van der Waals surface area contributed by atoms with Gasteiger partial charge in [0, 0.05) is 27.3 Å². The minimum atomic E-state index is 0.687. The van der Waals surface area contributed by atoms with Crippen LogP contribution in [-0.4, -0.2) is 0 Å². The molecule has 0 fully saturated rings. The van der Waals surface area contributed by atoms with Crippen molar-refractivity contribution >= 4 is 38.8 Å². The van der Waals surface area contributed by atoms with Crippen LogP contribution in [0.2, 0.25) is 5.02 Å². The molecule has 0 bridgehead atoms. The van der Waals surface area contributed by atoms with Crippen LogP contribution in [0.15, 0.2) is 119 Å². The Balaban J connectivity index is 1.78. The molecular weight excluding hydrogens is 468 g/mol. The van der Waals surface area contributed by atoms with Gasteiger partial charge in [0.1, 0.15) is 5.82 Å². The van der Waals surface area contributed by atoms with Crippen LogP contribution in [0.1, 0.15) is 16.7 Å². The molecule has 2 nitrogen and oxygen atoms in total. The van der Waals surface area contributed by atoms with Gasteiger partial charge in [-0.25, -0.2) is 0 Å². The molecule has 154 valence electrons. The van der Waals surface area contributed by atoms with E-state index in [0.717, 1.165) is 32.7 Å². The molecule has 4 rings (SSSR count). The molecule has 0 aliphatic rings. The number of rotatable bonds is 7. The first-order valence-corrected chi connectivity index (χ1v) is 11.2. The Bertz CT molecular complexity index is 1100. The van der Waals surface area contributed by atoms with E-state index in [9.17, 15) is 0 Å². The maximum absolute atomic E-state index is 6.10. The normalized spacial score (nSPS) is 10.4. The van der Waals surface area contributed by atoms with E-state index in [2.05, 4.69) is 99.4 Å². The minimum Gasteiger partial charge on any atom is -0.367 e. The van der Waals surface area contributed by atoms with E-state index in [1.54, 1.807) is 0 Å². The van der Waals surface area contributed by atoms with Gasteiger partial charge in [-0.3, -0.25) is 0 Å². The molecule has 0 heterocycles.